The van der Waals surface area contributed by atoms with E-state index in [1.54, 1.807) is 6.33 Å². The van der Waals surface area contributed by atoms with Crippen LogP contribution in [0.15, 0.2) is 102 Å². The van der Waals surface area contributed by atoms with E-state index in [-0.39, 0.29) is 11.7 Å². The van der Waals surface area contributed by atoms with Crippen molar-refractivity contribution in [2.75, 3.05) is 5.75 Å². The summed E-state index contributed by atoms with van der Waals surface area (Å²) in [7, 11) is 0. The molecule has 0 saturated heterocycles. The molecule has 0 amide bonds. The average Bonchev–Trinajstić information content (AvgIpc) is 3.49. The molecule has 0 aliphatic heterocycles. The van der Waals surface area contributed by atoms with Crippen LogP contribution in [0.25, 0.3) is 39.1 Å². The summed E-state index contributed by atoms with van der Waals surface area (Å²) >= 11 is 7.86. The molecule has 0 fully saturated rings. The minimum atomic E-state index is -0.101. The van der Waals surface area contributed by atoms with Gasteiger partial charge in [0.1, 0.15) is 17.0 Å². The summed E-state index contributed by atoms with van der Waals surface area (Å²) in [5, 5.41) is 6.60. The van der Waals surface area contributed by atoms with Gasteiger partial charge in [-0.15, -0.1) is 0 Å². The number of carbonyl (C=O) groups excluding carboxylic acids is 1. The minimum Gasteiger partial charge on any atom is -0.293 e. The predicted octanol–water partition coefficient (Wildman–Crippen LogP) is 7.65. The van der Waals surface area contributed by atoms with Crippen LogP contribution in [-0.4, -0.2) is 36.0 Å². The van der Waals surface area contributed by atoms with E-state index < -0.39 is 0 Å². The van der Waals surface area contributed by atoms with Crippen LogP contribution in [-0.2, 0) is 0 Å². The molecule has 0 bridgehead atoms. The Bertz CT molecular complexity index is 1810. The lowest BCUT2D eigenvalue weighted by atomic mass is 9.99. The Kier molecular flexibility index (Phi) is 6.77. The van der Waals surface area contributed by atoms with Crippen LogP contribution < -0.4 is 0 Å². The van der Waals surface area contributed by atoms with Gasteiger partial charge in [-0.1, -0.05) is 90.1 Å². The van der Waals surface area contributed by atoms with Crippen molar-refractivity contribution in [2.24, 2.45) is 0 Å². The molecule has 0 atom stereocenters. The van der Waals surface area contributed by atoms with E-state index in [1.165, 1.54) is 16.4 Å². The van der Waals surface area contributed by atoms with Gasteiger partial charge < -0.3 is 0 Å². The number of nitrogens with zero attached hydrogens (tertiary/aromatic N) is 5. The zero-order chi connectivity index (χ0) is 26.9. The molecule has 0 N–H and O–H groups in total. The number of hydrogen-bond acceptors (Lipinski definition) is 5. The van der Waals surface area contributed by atoms with Crippen LogP contribution in [0.1, 0.15) is 16.2 Å². The van der Waals surface area contributed by atoms with E-state index in [4.69, 9.17) is 16.6 Å². The van der Waals surface area contributed by atoms with Gasteiger partial charge in [0.05, 0.1) is 22.5 Å². The summed E-state index contributed by atoms with van der Waals surface area (Å²) in [4.78, 5) is 22.6. The molecule has 3 heterocycles. The smallest absolute Gasteiger partial charge is 0.257 e. The molecule has 6 nitrogen and oxygen atoms in total. The number of carbonyl (C=O) groups is 1. The molecule has 3 aromatic carbocycles. The van der Waals surface area contributed by atoms with Gasteiger partial charge in [-0.05, 0) is 49.2 Å². The number of fused-ring (bicyclic) bond motifs is 1. The van der Waals surface area contributed by atoms with E-state index in [9.17, 15) is 4.79 Å². The maximum absolute atomic E-state index is 13.1. The fourth-order valence-corrected chi connectivity index (χ4v) is 5.92. The summed E-state index contributed by atoms with van der Waals surface area (Å²) in [5.41, 5.74) is 7.30. The molecule has 0 saturated carbocycles. The molecule has 0 unspecified atom stereocenters. The second-order valence-electron chi connectivity index (χ2n) is 9.17. The summed E-state index contributed by atoms with van der Waals surface area (Å²) in [6.07, 6.45) is 1.56. The molecule has 0 aliphatic rings. The van der Waals surface area contributed by atoms with E-state index in [0.29, 0.717) is 5.02 Å². The first-order valence-electron chi connectivity index (χ1n) is 12.5. The van der Waals surface area contributed by atoms with Crippen LogP contribution in [0.5, 0.6) is 0 Å². The number of aromatic nitrogens is 5. The maximum atomic E-state index is 13.1. The lowest BCUT2D eigenvalue weighted by molar-refractivity contribution is 0.0924. The average molecular weight is 550 g/mol. The van der Waals surface area contributed by atoms with Gasteiger partial charge in [-0.3, -0.25) is 9.36 Å². The van der Waals surface area contributed by atoms with Crippen LogP contribution in [0.3, 0.4) is 0 Å². The van der Waals surface area contributed by atoms with Gasteiger partial charge in [0.25, 0.3) is 5.91 Å². The van der Waals surface area contributed by atoms with Gasteiger partial charge in [-0.25, -0.2) is 14.6 Å². The Morgan fingerprint density at radius 2 is 1.59 bits per heavy atom. The molecule has 8 heteroatoms. The first kappa shape index (κ1) is 25.1. The monoisotopic (exact) mass is 549 g/mol. The highest BCUT2D eigenvalue weighted by molar-refractivity contribution is 8.00. The van der Waals surface area contributed by atoms with Gasteiger partial charge in [-0.2, -0.15) is 5.10 Å². The van der Waals surface area contributed by atoms with Crippen molar-refractivity contribution >= 4 is 40.3 Å². The number of rotatable bonds is 6. The third-order valence-corrected chi connectivity index (χ3v) is 7.68. The molecule has 0 spiro atoms. The second-order valence-corrected chi connectivity index (χ2v) is 10.6. The maximum Gasteiger partial charge on any atom is 0.257 e. The summed E-state index contributed by atoms with van der Waals surface area (Å²) in [6, 6.07) is 30.1. The Balaban J connectivity index is 1.61. The third kappa shape index (κ3) is 4.75. The Morgan fingerprint density at radius 1 is 0.872 bits per heavy atom. The minimum absolute atomic E-state index is 0.101. The highest BCUT2D eigenvalue weighted by atomic mass is 35.5. The molecule has 3 aromatic heterocycles. The van der Waals surface area contributed by atoms with Crippen LogP contribution in [0.2, 0.25) is 5.02 Å². The van der Waals surface area contributed by atoms with Crippen molar-refractivity contribution in [1.82, 2.24) is 24.3 Å². The van der Waals surface area contributed by atoms with E-state index in [1.807, 2.05) is 80.6 Å². The molecule has 0 aliphatic carbocycles. The highest BCUT2D eigenvalue weighted by Crippen LogP contribution is 2.44. The molecule has 6 aromatic rings. The van der Waals surface area contributed by atoms with Crippen LogP contribution >= 0.6 is 23.4 Å². The largest absolute Gasteiger partial charge is 0.293 e. The number of halogens is 1. The standard InChI is InChI=1S/C31H24ClN5OS/c1-20-16-21(2)37(35-20)26(38)18-39-31-28-27(22-10-5-3-6-11-22)29(23-12-7-4-8-13-23)36(30(28)33-19-34-31)25-15-9-14-24(32)17-25/h3-17,19H,18H2,1-2H3. The topological polar surface area (TPSA) is 65.6 Å². The second kappa shape index (κ2) is 10.5. The van der Waals surface area contributed by atoms with Crippen molar-refractivity contribution in [3.05, 3.63) is 114 Å². The number of thioether (sulfide) groups is 1. The first-order valence-corrected chi connectivity index (χ1v) is 13.8. The fraction of sp³-hybridized carbons (Fsp3) is 0.0968. The fourth-order valence-electron chi connectivity index (χ4n) is 4.89. The lowest BCUT2D eigenvalue weighted by Crippen LogP contribution is -2.16. The van der Waals surface area contributed by atoms with Gasteiger partial charge in [0.15, 0.2) is 0 Å². The van der Waals surface area contributed by atoms with E-state index >= 15 is 0 Å². The molecular weight excluding hydrogens is 526 g/mol. The Morgan fingerprint density at radius 3 is 2.26 bits per heavy atom. The summed E-state index contributed by atoms with van der Waals surface area (Å²) in [6.45, 7) is 3.77. The highest BCUT2D eigenvalue weighted by Gasteiger charge is 2.25. The summed E-state index contributed by atoms with van der Waals surface area (Å²) in [5.74, 6) is 0.0851. The summed E-state index contributed by atoms with van der Waals surface area (Å²) < 4.78 is 3.60. The zero-order valence-electron chi connectivity index (χ0n) is 21.4. The van der Waals surface area contributed by atoms with Crippen molar-refractivity contribution in [3.8, 4) is 28.1 Å². The van der Waals surface area contributed by atoms with Gasteiger partial charge in [0, 0.05) is 22.0 Å². The van der Waals surface area contributed by atoms with Crippen molar-refractivity contribution in [3.63, 3.8) is 0 Å². The third-order valence-electron chi connectivity index (χ3n) is 6.47. The molecule has 0 radical (unpaired) electrons. The van der Waals surface area contributed by atoms with Crippen molar-refractivity contribution in [1.29, 1.82) is 0 Å². The number of hydrogen-bond donors (Lipinski definition) is 0. The first-order chi connectivity index (χ1) is 19.0. The number of benzene rings is 3. The Hall–Kier alpha value is -4.20. The zero-order valence-corrected chi connectivity index (χ0v) is 22.9. The SMILES string of the molecule is Cc1cc(C)n(C(=O)CSc2ncnc3c2c(-c2ccccc2)c(-c2ccccc2)n3-c2cccc(Cl)c2)n1. The molecule has 6 rings (SSSR count). The van der Waals surface area contributed by atoms with Gasteiger partial charge >= 0.3 is 0 Å². The van der Waals surface area contributed by atoms with E-state index in [0.717, 1.165) is 55.5 Å². The van der Waals surface area contributed by atoms with Crippen molar-refractivity contribution < 1.29 is 4.79 Å². The normalized spacial score (nSPS) is 11.3. The van der Waals surface area contributed by atoms with Gasteiger partial charge in [0.2, 0.25) is 0 Å². The quantitative estimate of drug-likeness (QED) is 0.158. The Labute approximate surface area is 235 Å². The predicted molar refractivity (Wildman–Crippen MR) is 158 cm³/mol. The van der Waals surface area contributed by atoms with E-state index in [2.05, 4.69) is 38.9 Å². The number of aryl methyl sites for hydroxylation is 2. The van der Waals surface area contributed by atoms with Crippen LogP contribution in [0, 0.1) is 13.8 Å². The molecular formula is C31H24ClN5OS. The molecule has 192 valence electrons. The van der Waals surface area contributed by atoms with Crippen LogP contribution in [0.4, 0.5) is 0 Å². The lowest BCUT2D eigenvalue weighted by Gasteiger charge is -2.13. The molecule has 39 heavy (non-hydrogen) atoms. The van der Waals surface area contributed by atoms with Crippen molar-refractivity contribution in [2.45, 2.75) is 18.9 Å².